The predicted octanol–water partition coefficient (Wildman–Crippen LogP) is 2.50. The summed E-state index contributed by atoms with van der Waals surface area (Å²) in [6, 6.07) is 6.12. The zero-order valence-corrected chi connectivity index (χ0v) is 13.9. The first-order chi connectivity index (χ1) is 11.7. The SMILES string of the molecule is CC(=O)N1CCC(C(=O)NCc2ccc(OCC(F)(F)F)cc2)CC1. The van der Waals surface area contributed by atoms with Crippen LogP contribution in [0.3, 0.4) is 0 Å². The van der Waals surface area contributed by atoms with Crippen LogP contribution in [-0.4, -0.2) is 42.6 Å². The first-order valence-corrected chi connectivity index (χ1v) is 8.06. The number of hydrogen-bond acceptors (Lipinski definition) is 3. The molecule has 1 aromatic carbocycles. The summed E-state index contributed by atoms with van der Waals surface area (Å²) < 4.78 is 40.9. The molecular weight excluding hydrogens is 337 g/mol. The Kier molecular flexibility index (Phi) is 6.27. The number of rotatable bonds is 5. The minimum absolute atomic E-state index is 0.0201. The van der Waals surface area contributed by atoms with E-state index in [1.165, 1.54) is 19.1 Å². The number of hydrogen-bond donors (Lipinski definition) is 1. The molecule has 1 aliphatic heterocycles. The molecule has 0 aromatic heterocycles. The van der Waals surface area contributed by atoms with Crippen LogP contribution in [0.5, 0.6) is 5.75 Å². The topological polar surface area (TPSA) is 58.6 Å². The van der Waals surface area contributed by atoms with Gasteiger partial charge in [-0.05, 0) is 30.5 Å². The van der Waals surface area contributed by atoms with Gasteiger partial charge >= 0.3 is 6.18 Å². The molecule has 1 fully saturated rings. The van der Waals surface area contributed by atoms with Crippen molar-refractivity contribution >= 4 is 11.8 Å². The highest BCUT2D eigenvalue weighted by atomic mass is 19.4. The molecule has 1 N–H and O–H groups in total. The number of carbonyl (C=O) groups excluding carboxylic acids is 2. The number of alkyl halides is 3. The van der Waals surface area contributed by atoms with Crippen LogP contribution in [0.4, 0.5) is 13.2 Å². The molecule has 5 nitrogen and oxygen atoms in total. The second-order valence-corrected chi connectivity index (χ2v) is 6.05. The van der Waals surface area contributed by atoms with Crippen molar-refractivity contribution in [1.82, 2.24) is 10.2 Å². The van der Waals surface area contributed by atoms with Gasteiger partial charge in [0.2, 0.25) is 11.8 Å². The first-order valence-electron chi connectivity index (χ1n) is 8.06. The summed E-state index contributed by atoms with van der Waals surface area (Å²) in [6.07, 6.45) is -3.10. The van der Waals surface area contributed by atoms with Gasteiger partial charge in [-0.15, -0.1) is 0 Å². The lowest BCUT2D eigenvalue weighted by molar-refractivity contribution is -0.153. The normalized spacial score (nSPS) is 15.8. The molecule has 0 spiro atoms. The molecular formula is C17H21F3N2O3. The van der Waals surface area contributed by atoms with Crippen molar-refractivity contribution in [2.45, 2.75) is 32.5 Å². The molecule has 0 bridgehead atoms. The highest BCUT2D eigenvalue weighted by Gasteiger charge is 2.28. The lowest BCUT2D eigenvalue weighted by Crippen LogP contribution is -2.42. The molecule has 8 heteroatoms. The number of ether oxygens (including phenoxy) is 1. The highest BCUT2D eigenvalue weighted by Crippen LogP contribution is 2.20. The average Bonchev–Trinajstić information content (AvgIpc) is 2.58. The Morgan fingerprint density at radius 2 is 1.80 bits per heavy atom. The van der Waals surface area contributed by atoms with E-state index in [-0.39, 0.29) is 23.5 Å². The zero-order chi connectivity index (χ0) is 18.4. The molecule has 1 heterocycles. The molecule has 0 saturated carbocycles. The summed E-state index contributed by atoms with van der Waals surface area (Å²) in [7, 11) is 0. The maximum Gasteiger partial charge on any atom is 0.422 e. The van der Waals surface area contributed by atoms with Crippen LogP contribution in [0.1, 0.15) is 25.3 Å². The van der Waals surface area contributed by atoms with Crippen molar-refractivity contribution in [1.29, 1.82) is 0 Å². The number of piperidine rings is 1. The molecule has 0 unspecified atom stereocenters. The molecule has 138 valence electrons. The lowest BCUT2D eigenvalue weighted by Gasteiger charge is -2.30. The van der Waals surface area contributed by atoms with Gasteiger partial charge in [-0.3, -0.25) is 9.59 Å². The number of halogens is 3. The van der Waals surface area contributed by atoms with Crippen LogP contribution >= 0.6 is 0 Å². The largest absolute Gasteiger partial charge is 0.484 e. The molecule has 1 aromatic rings. The van der Waals surface area contributed by atoms with Gasteiger partial charge in [0, 0.05) is 32.5 Å². The number of nitrogens with one attached hydrogen (secondary N) is 1. The Morgan fingerprint density at radius 1 is 1.20 bits per heavy atom. The number of benzene rings is 1. The summed E-state index contributed by atoms with van der Waals surface area (Å²) >= 11 is 0. The third kappa shape index (κ3) is 6.28. The third-order valence-electron chi connectivity index (χ3n) is 4.10. The minimum atomic E-state index is -4.37. The molecule has 0 atom stereocenters. The highest BCUT2D eigenvalue weighted by molar-refractivity contribution is 5.79. The van der Waals surface area contributed by atoms with Gasteiger partial charge in [0.15, 0.2) is 6.61 Å². The fraction of sp³-hybridized carbons (Fsp3) is 0.529. The Balaban J connectivity index is 1.75. The van der Waals surface area contributed by atoms with Crippen molar-refractivity contribution in [3.63, 3.8) is 0 Å². The summed E-state index contributed by atoms with van der Waals surface area (Å²) in [5.74, 6) is -0.0405. The number of amides is 2. The van der Waals surface area contributed by atoms with Gasteiger partial charge in [-0.25, -0.2) is 0 Å². The standard InChI is InChI=1S/C17H21F3N2O3/c1-12(23)22-8-6-14(7-9-22)16(24)21-10-13-2-4-15(5-3-13)25-11-17(18,19)20/h2-5,14H,6-11H2,1H3,(H,21,24). The molecule has 2 amide bonds. The Hall–Kier alpha value is -2.25. The van der Waals surface area contributed by atoms with E-state index in [9.17, 15) is 22.8 Å². The number of likely N-dealkylation sites (tertiary alicyclic amines) is 1. The maximum atomic E-state index is 12.2. The summed E-state index contributed by atoms with van der Waals surface area (Å²) in [4.78, 5) is 25.2. The minimum Gasteiger partial charge on any atom is -0.484 e. The fourth-order valence-corrected chi connectivity index (χ4v) is 2.66. The second-order valence-electron chi connectivity index (χ2n) is 6.05. The lowest BCUT2D eigenvalue weighted by atomic mass is 9.96. The van der Waals surface area contributed by atoms with Gasteiger partial charge in [0.25, 0.3) is 0 Å². The van der Waals surface area contributed by atoms with Gasteiger partial charge in [0.05, 0.1) is 0 Å². The fourth-order valence-electron chi connectivity index (χ4n) is 2.66. The van der Waals surface area contributed by atoms with Gasteiger partial charge < -0.3 is 15.0 Å². The molecule has 0 radical (unpaired) electrons. The number of carbonyl (C=O) groups is 2. The van der Waals surface area contributed by atoms with Crippen LogP contribution in [0.2, 0.25) is 0 Å². The Labute approximate surface area is 144 Å². The summed E-state index contributed by atoms with van der Waals surface area (Å²) in [5.41, 5.74) is 0.772. The van der Waals surface area contributed by atoms with Crippen molar-refractivity contribution in [2.24, 2.45) is 5.92 Å². The van der Waals surface area contributed by atoms with E-state index in [0.29, 0.717) is 32.5 Å². The quantitative estimate of drug-likeness (QED) is 0.880. The van der Waals surface area contributed by atoms with E-state index in [1.807, 2.05) is 0 Å². The molecule has 25 heavy (non-hydrogen) atoms. The van der Waals surface area contributed by atoms with Crippen LogP contribution in [-0.2, 0) is 16.1 Å². The summed E-state index contributed by atoms with van der Waals surface area (Å²) in [5, 5.41) is 2.83. The van der Waals surface area contributed by atoms with E-state index in [4.69, 9.17) is 0 Å². The van der Waals surface area contributed by atoms with E-state index in [2.05, 4.69) is 10.1 Å². The van der Waals surface area contributed by atoms with Crippen LogP contribution in [0, 0.1) is 5.92 Å². The third-order valence-corrected chi connectivity index (χ3v) is 4.10. The van der Waals surface area contributed by atoms with Crippen molar-refractivity contribution in [2.75, 3.05) is 19.7 Å². The predicted molar refractivity (Wildman–Crippen MR) is 84.8 cm³/mol. The number of nitrogens with zero attached hydrogens (tertiary/aromatic N) is 1. The Bertz CT molecular complexity index is 594. The van der Waals surface area contributed by atoms with Gasteiger partial charge in [-0.1, -0.05) is 12.1 Å². The smallest absolute Gasteiger partial charge is 0.422 e. The summed E-state index contributed by atoms with van der Waals surface area (Å²) in [6.45, 7) is 1.65. The van der Waals surface area contributed by atoms with E-state index in [0.717, 1.165) is 5.56 Å². The van der Waals surface area contributed by atoms with E-state index < -0.39 is 12.8 Å². The van der Waals surface area contributed by atoms with Crippen molar-refractivity contribution < 1.29 is 27.5 Å². The van der Waals surface area contributed by atoms with Crippen LogP contribution in [0.15, 0.2) is 24.3 Å². The monoisotopic (exact) mass is 358 g/mol. The molecule has 0 aliphatic carbocycles. The zero-order valence-electron chi connectivity index (χ0n) is 13.9. The average molecular weight is 358 g/mol. The molecule has 1 aliphatic rings. The van der Waals surface area contributed by atoms with Gasteiger partial charge in [0.1, 0.15) is 5.75 Å². The van der Waals surface area contributed by atoms with Crippen molar-refractivity contribution in [3.05, 3.63) is 29.8 Å². The van der Waals surface area contributed by atoms with Crippen LogP contribution in [0.25, 0.3) is 0 Å². The second kappa shape index (κ2) is 8.22. The van der Waals surface area contributed by atoms with E-state index >= 15 is 0 Å². The van der Waals surface area contributed by atoms with Crippen molar-refractivity contribution in [3.8, 4) is 5.75 Å². The molecule has 1 saturated heterocycles. The maximum absolute atomic E-state index is 12.2. The van der Waals surface area contributed by atoms with Gasteiger partial charge in [-0.2, -0.15) is 13.2 Å². The van der Waals surface area contributed by atoms with E-state index in [1.54, 1.807) is 17.0 Å². The first kappa shape index (κ1) is 19.1. The molecule has 2 rings (SSSR count). The Morgan fingerprint density at radius 3 is 2.32 bits per heavy atom. The van der Waals surface area contributed by atoms with Crippen LogP contribution < -0.4 is 10.1 Å².